The molecule has 0 bridgehead atoms. The fourth-order valence-corrected chi connectivity index (χ4v) is 2.61. The fourth-order valence-electron chi connectivity index (χ4n) is 2.61. The first-order valence-electron chi connectivity index (χ1n) is 7.04. The van der Waals surface area contributed by atoms with Gasteiger partial charge in [0.05, 0.1) is 6.61 Å². The zero-order chi connectivity index (χ0) is 13.3. The number of hydrogen-bond donors (Lipinski definition) is 1. The Morgan fingerprint density at radius 1 is 1.17 bits per heavy atom. The monoisotopic (exact) mass is 249 g/mol. The third-order valence-corrected chi connectivity index (χ3v) is 3.74. The Hall–Kier alpha value is -0.860. The van der Waals surface area contributed by atoms with E-state index in [-0.39, 0.29) is 5.41 Å². The normalized spacial score (nSPS) is 14.4. The second-order valence-electron chi connectivity index (χ2n) is 4.92. The SMILES string of the molecule is CCCC(CC)(CNCCOC)c1ccccc1. The van der Waals surface area contributed by atoms with E-state index in [9.17, 15) is 0 Å². The highest BCUT2D eigenvalue weighted by Crippen LogP contribution is 2.32. The second kappa shape index (κ2) is 8.28. The molecular formula is C16H27NO. The van der Waals surface area contributed by atoms with Crippen LogP contribution in [0.5, 0.6) is 0 Å². The van der Waals surface area contributed by atoms with Crippen molar-refractivity contribution >= 4 is 0 Å². The Labute approximate surface area is 112 Å². The molecule has 0 aliphatic heterocycles. The van der Waals surface area contributed by atoms with Gasteiger partial charge in [0.2, 0.25) is 0 Å². The summed E-state index contributed by atoms with van der Waals surface area (Å²) in [6, 6.07) is 10.9. The van der Waals surface area contributed by atoms with Crippen molar-refractivity contribution in [1.29, 1.82) is 0 Å². The van der Waals surface area contributed by atoms with E-state index in [1.165, 1.54) is 24.8 Å². The Balaban J connectivity index is 2.74. The Kier molecular flexibility index (Phi) is 6.99. The molecule has 0 aliphatic rings. The van der Waals surface area contributed by atoms with Crippen LogP contribution in [0.1, 0.15) is 38.7 Å². The predicted octanol–water partition coefficient (Wildman–Crippen LogP) is 3.37. The Morgan fingerprint density at radius 3 is 2.44 bits per heavy atom. The van der Waals surface area contributed by atoms with E-state index in [1.54, 1.807) is 7.11 Å². The number of ether oxygens (including phenoxy) is 1. The Morgan fingerprint density at radius 2 is 1.89 bits per heavy atom. The van der Waals surface area contributed by atoms with Crippen molar-refractivity contribution in [3.8, 4) is 0 Å². The maximum absolute atomic E-state index is 5.09. The summed E-state index contributed by atoms with van der Waals surface area (Å²) in [5.41, 5.74) is 1.73. The zero-order valence-electron chi connectivity index (χ0n) is 12.0. The number of nitrogens with one attached hydrogen (secondary N) is 1. The van der Waals surface area contributed by atoms with Crippen LogP contribution in [0.3, 0.4) is 0 Å². The molecule has 2 nitrogen and oxygen atoms in total. The minimum atomic E-state index is 0.268. The van der Waals surface area contributed by atoms with Crippen LogP contribution >= 0.6 is 0 Å². The number of methoxy groups -OCH3 is 1. The molecule has 0 fully saturated rings. The molecule has 0 spiro atoms. The smallest absolute Gasteiger partial charge is 0.0587 e. The molecule has 0 aliphatic carbocycles. The third kappa shape index (κ3) is 4.11. The van der Waals surface area contributed by atoms with Crippen molar-refractivity contribution in [2.75, 3.05) is 26.8 Å². The average molecular weight is 249 g/mol. The molecule has 0 heterocycles. The highest BCUT2D eigenvalue weighted by atomic mass is 16.5. The van der Waals surface area contributed by atoms with Gasteiger partial charge in [-0.25, -0.2) is 0 Å². The lowest BCUT2D eigenvalue weighted by molar-refractivity contribution is 0.195. The van der Waals surface area contributed by atoms with Gasteiger partial charge < -0.3 is 10.1 Å². The van der Waals surface area contributed by atoms with Crippen molar-refractivity contribution < 1.29 is 4.74 Å². The summed E-state index contributed by atoms with van der Waals surface area (Å²) >= 11 is 0. The number of benzene rings is 1. The standard InChI is InChI=1S/C16H27NO/c1-4-11-16(5-2,14-17-12-13-18-3)15-9-7-6-8-10-15/h6-10,17H,4-5,11-14H2,1-3H3. The predicted molar refractivity (Wildman–Crippen MR) is 78.1 cm³/mol. The first kappa shape index (κ1) is 15.2. The van der Waals surface area contributed by atoms with Crippen molar-refractivity contribution in [3.05, 3.63) is 35.9 Å². The van der Waals surface area contributed by atoms with Crippen molar-refractivity contribution in [3.63, 3.8) is 0 Å². The second-order valence-corrected chi connectivity index (χ2v) is 4.92. The van der Waals surface area contributed by atoms with E-state index in [4.69, 9.17) is 4.74 Å². The molecule has 2 heteroatoms. The van der Waals surface area contributed by atoms with Gasteiger partial charge in [-0.05, 0) is 18.4 Å². The zero-order valence-corrected chi connectivity index (χ0v) is 12.0. The van der Waals surface area contributed by atoms with Gasteiger partial charge in [-0.1, -0.05) is 50.6 Å². The third-order valence-electron chi connectivity index (χ3n) is 3.74. The van der Waals surface area contributed by atoms with Crippen LogP contribution in [-0.4, -0.2) is 26.8 Å². The van der Waals surface area contributed by atoms with E-state index in [0.29, 0.717) is 0 Å². The molecular weight excluding hydrogens is 222 g/mol. The molecule has 1 aromatic carbocycles. The molecule has 0 radical (unpaired) electrons. The van der Waals surface area contributed by atoms with Crippen molar-refractivity contribution in [1.82, 2.24) is 5.32 Å². The highest BCUT2D eigenvalue weighted by molar-refractivity contribution is 5.25. The maximum atomic E-state index is 5.09. The molecule has 0 saturated heterocycles. The molecule has 1 N–H and O–H groups in total. The molecule has 0 aromatic heterocycles. The number of hydrogen-bond acceptors (Lipinski definition) is 2. The van der Waals surface area contributed by atoms with Gasteiger partial charge in [-0.2, -0.15) is 0 Å². The molecule has 18 heavy (non-hydrogen) atoms. The lowest BCUT2D eigenvalue weighted by Gasteiger charge is -2.34. The van der Waals surface area contributed by atoms with Gasteiger partial charge in [0.1, 0.15) is 0 Å². The first-order chi connectivity index (χ1) is 8.79. The van der Waals surface area contributed by atoms with Gasteiger partial charge in [-0.15, -0.1) is 0 Å². The maximum Gasteiger partial charge on any atom is 0.0587 e. The highest BCUT2D eigenvalue weighted by Gasteiger charge is 2.28. The molecule has 0 saturated carbocycles. The molecule has 1 rings (SSSR count). The lowest BCUT2D eigenvalue weighted by atomic mass is 9.74. The van der Waals surface area contributed by atoms with E-state index >= 15 is 0 Å². The molecule has 1 atom stereocenters. The van der Waals surface area contributed by atoms with E-state index in [2.05, 4.69) is 49.5 Å². The minimum Gasteiger partial charge on any atom is -0.383 e. The van der Waals surface area contributed by atoms with Gasteiger partial charge in [-0.3, -0.25) is 0 Å². The minimum absolute atomic E-state index is 0.268. The average Bonchev–Trinajstić information content (AvgIpc) is 2.43. The summed E-state index contributed by atoms with van der Waals surface area (Å²) in [5.74, 6) is 0. The summed E-state index contributed by atoms with van der Waals surface area (Å²) < 4.78 is 5.09. The van der Waals surface area contributed by atoms with Gasteiger partial charge in [0.25, 0.3) is 0 Å². The van der Waals surface area contributed by atoms with E-state index in [0.717, 1.165) is 19.7 Å². The molecule has 1 aromatic rings. The van der Waals surface area contributed by atoms with Crippen LogP contribution in [0.15, 0.2) is 30.3 Å². The van der Waals surface area contributed by atoms with Gasteiger partial charge in [0.15, 0.2) is 0 Å². The van der Waals surface area contributed by atoms with Crippen molar-refractivity contribution in [2.45, 2.75) is 38.5 Å². The summed E-state index contributed by atoms with van der Waals surface area (Å²) in [4.78, 5) is 0. The first-order valence-corrected chi connectivity index (χ1v) is 7.04. The Bertz CT molecular complexity index is 312. The molecule has 1 unspecified atom stereocenters. The van der Waals surface area contributed by atoms with E-state index < -0.39 is 0 Å². The van der Waals surface area contributed by atoms with Gasteiger partial charge in [0, 0.05) is 25.6 Å². The summed E-state index contributed by atoms with van der Waals surface area (Å²) in [6.45, 7) is 7.30. The van der Waals surface area contributed by atoms with Crippen LogP contribution in [0.25, 0.3) is 0 Å². The van der Waals surface area contributed by atoms with Crippen LogP contribution < -0.4 is 5.32 Å². The lowest BCUT2D eigenvalue weighted by Crippen LogP contribution is -2.39. The van der Waals surface area contributed by atoms with Crippen LogP contribution in [0.4, 0.5) is 0 Å². The van der Waals surface area contributed by atoms with Crippen LogP contribution in [0, 0.1) is 0 Å². The fraction of sp³-hybridized carbons (Fsp3) is 0.625. The molecule has 0 amide bonds. The van der Waals surface area contributed by atoms with Gasteiger partial charge >= 0.3 is 0 Å². The summed E-state index contributed by atoms with van der Waals surface area (Å²) in [5, 5.41) is 3.54. The number of rotatable bonds is 9. The summed E-state index contributed by atoms with van der Waals surface area (Å²) in [7, 11) is 1.75. The van der Waals surface area contributed by atoms with Crippen LogP contribution in [0.2, 0.25) is 0 Å². The summed E-state index contributed by atoms with van der Waals surface area (Å²) in [6.07, 6.45) is 3.62. The van der Waals surface area contributed by atoms with E-state index in [1.807, 2.05) is 0 Å². The van der Waals surface area contributed by atoms with Crippen molar-refractivity contribution in [2.24, 2.45) is 0 Å². The topological polar surface area (TPSA) is 21.3 Å². The van der Waals surface area contributed by atoms with Crippen LogP contribution in [-0.2, 0) is 10.2 Å². The quantitative estimate of drug-likeness (QED) is 0.678. The largest absolute Gasteiger partial charge is 0.383 e. The molecule has 102 valence electrons.